The number of benzene rings is 3. The Morgan fingerprint density at radius 3 is 2.21 bits per heavy atom. The molecule has 4 rings (SSSR count). The number of hydrogen-bond acceptors (Lipinski definition) is 2. The third kappa shape index (κ3) is 3.39. The van der Waals surface area contributed by atoms with Crippen molar-refractivity contribution in [3.05, 3.63) is 112 Å². The highest BCUT2D eigenvalue weighted by Gasteiger charge is 2.40. The highest BCUT2D eigenvalue weighted by molar-refractivity contribution is 6.30. The summed E-state index contributed by atoms with van der Waals surface area (Å²) in [7, 11) is 0. The van der Waals surface area contributed by atoms with Gasteiger partial charge in [0.1, 0.15) is 5.82 Å². The predicted octanol–water partition coefficient (Wildman–Crippen LogP) is 5.53. The lowest BCUT2D eigenvalue weighted by Gasteiger charge is -2.27. The van der Waals surface area contributed by atoms with Gasteiger partial charge in [-0.1, -0.05) is 66.2 Å². The number of carbonyl (C=O) groups is 1. The van der Waals surface area contributed by atoms with Crippen molar-refractivity contribution in [1.82, 2.24) is 4.90 Å². The monoisotopic (exact) mass is 393 g/mol. The largest absolute Gasteiger partial charge is 0.503 e. The van der Waals surface area contributed by atoms with Gasteiger partial charge in [-0.05, 0) is 41.0 Å². The molecule has 0 unspecified atom stereocenters. The molecule has 1 N–H and O–H groups in total. The summed E-state index contributed by atoms with van der Waals surface area (Å²) in [6.07, 6.45) is 0. The number of halogens is 2. The minimum atomic E-state index is -0.475. The molecule has 0 bridgehead atoms. The first kappa shape index (κ1) is 18.3. The first-order valence-electron chi connectivity index (χ1n) is 8.84. The van der Waals surface area contributed by atoms with Gasteiger partial charge in [-0.3, -0.25) is 4.79 Å². The number of rotatable bonds is 4. The van der Waals surface area contributed by atoms with E-state index in [1.54, 1.807) is 29.2 Å². The molecule has 0 saturated heterocycles. The maximum absolute atomic E-state index is 13.3. The molecule has 1 aliphatic heterocycles. The lowest BCUT2D eigenvalue weighted by Crippen LogP contribution is -2.29. The average Bonchev–Trinajstić information content (AvgIpc) is 2.96. The molecule has 0 radical (unpaired) electrons. The number of hydrogen-bond donors (Lipinski definition) is 1. The standard InChI is InChI=1S/C23H17ClFNO2/c24-18-10-8-17(9-11-18)21-20(16-4-2-1-3-5-16)22(27)23(28)26(21)14-15-6-12-19(25)13-7-15/h1-13,21,27H,14H2/t21-/m0/s1. The van der Waals surface area contributed by atoms with Crippen molar-refractivity contribution >= 4 is 23.1 Å². The van der Waals surface area contributed by atoms with Gasteiger partial charge < -0.3 is 10.0 Å². The summed E-state index contributed by atoms with van der Waals surface area (Å²) in [5, 5.41) is 11.3. The van der Waals surface area contributed by atoms with E-state index in [0.717, 1.165) is 16.7 Å². The van der Waals surface area contributed by atoms with Crippen LogP contribution < -0.4 is 0 Å². The molecule has 3 aromatic carbocycles. The van der Waals surface area contributed by atoms with E-state index in [2.05, 4.69) is 0 Å². The molecule has 1 heterocycles. The summed E-state index contributed by atoms with van der Waals surface area (Å²) >= 11 is 6.03. The van der Waals surface area contributed by atoms with Crippen LogP contribution in [0.15, 0.2) is 84.6 Å². The summed E-state index contributed by atoms with van der Waals surface area (Å²) in [6, 6.07) is 22.1. The number of carbonyl (C=O) groups excluding carboxylic acids is 1. The third-order valence-corrected chi connectivity index (χ3v) is 5.09. The molecule has 0 aromatic heterocycles. The van der Waals surface area contributed by atoms with Gasteiger partial charge in [0.25, 0.3) is 5.91 Å². The van der Waals surface area contributed by atoms with E-state index >= 15 is 0 Å². The van der Waals surface area contributed by atoms with Gasteiger partial charge in [-0.15, -0.1) is 0 Å². The molecule has 28 heavy (non-hydrogen) atoms. The molecule has 1 aliphatic rings. The molecule has 1 atom stereocenters. The zero-order chi connectivity index (χ0) is 19.7. The smallest absolute Gasteiger partial charge is 0.290 e. The Morgan fingerprint density at radius 1 is 0.929 bits per heavy atom. The predicted molar refractivity (Wildman–Crippen MR) is 107 cm³/mol. The summed E-state index contributed by atoms with van der Waals surface area (Å²) in [6.45, 7) is 0.243. The number of nitrogens with zero attached hydrogens (tertiary/aromatic N) is 1. The van der Waals surface area contributed by atoms with Crippen molar-refractivity contribution in [1.29, 1.82) is 0 Å². The normalized spacial score (nSPS) is 16.7. The molecule has 0 saturated carbocycles. The molecule has 140 valence electrons. The molecule has 3 nitrogen and oxygen atoms in total. The molecule has 0 fully saturated rings. The Hall–Kier alpha value is -3.11. The van der Waals surface area contributed by atoms with Crippen LogP contribution in [0.25, 0.3) is 5.57 Å². The van der Waals surface area contributed by atoms with Crippen molar-refractivity contribution in [3.8, 4) is 0 Å². The van der Waals surface area contributed by atoms with Crippen LogP contribution in [0.5, 0.6) is 0 Å². The minimum Gasteiger partial charge on any atom is -0.503 e. The molecule has 0 spiro atoms. The zero-order valence-corrected chi connectivity index (χ0v) is 15.6. The van der Waals surface area contributed by atoms with E-state index in [1.807, 2.05) is 42.5 Å². The second-order valence-corrected chi connectivity index (χ2v) is 7.08. The molecular formula is C23H17ClFNO2. The lowest BCUT2D eigenvalue weighted by molar-refractivity contribution is -0.130. The van der Waals surface area contributed by atoms with Crippen LogP contribution >= 0.6 is 11.6 Å². The van der Waals surface area contributed by atoms with E-state index in [9.17, 15) is 14.3 Å². The van der Waals surface area contributed by atoms with Crippen molar-refractivity contribution in [2.45, 2.75) is 12.6 Å². The van der Waals surface area contributed by atoms with E-state index in [-0.39, 0.29) is 18.1 Å². The summed E-state index contributed by atoms with van der Waals surface area (Å²) in [5.41, 5.74) is 2.93. The second-order valence-electron chi connectivity index (χ2n) is 6.64. The fourth-order valence-corrected chi connectivity index (χ4v) is 3.63. The van der Waals surface area contributed by atoms with E-state index in [0.29, 0.717) is 10.6 Å². The van der Waals surface area contributed by atoms with Gasteiger partial charge in [0, 0.05) is 17.1 Å². The summed E-state index contributed by atoms with van der Waals surface area (Å²) in [5.74, 6) is -1.06. The Bertz CT molecular complexity index is 1030. The average molecular weight is 394 g/mol. The van der Waals surface area contributed by atoms with E-state index in [1.165, 1.54) is 12.1 Å². The second kappa shape index (κ2) is 7.49. The zero-order valence-electron chi connectivity index (χ0n) is 14.8. The van der Waals surface area contributed by atoms with Crippen LogP contribution in [0.1, 0.15) is 22.7 Å². The Labute approximate surface area is 167 Å². The van der Waals surface area contributed by atoms with Crippen LogP contribution in [0, 0.1) is 5.82 Å². The molecule has 5 heteroatoms. The van der Waals surface area contributed by atoms with E-state index < -0.39 is 11.9 Å². The van der Waals surface area contributed by atoms with Crippen molar-refractivity contribution < 1.29 is 14.3 Å². The number of aliphatic hydroxyl groups is 1. The highest BCUT2D eigenvalue weighted by atomic mass is 35.5. The number of amides is 1. The van der Waals surface area contributed by atoms with Gasteiger partial charge in [0.05, 0.1) is 6.04 Å². The van der Waals surface area contributed by atoms with Crippen molar-refractivity contribution in [2.24, 2.45) is 0 Å². The van der Waals surface area contributed by atoms with Crippen LogP contribution in [-0.2, 0) is 11.3 Å². The quantitative estimate of drug-likeness (QED) is 0.633. The topological polar surface area (TPSA) is 40.5 Å². The number of aliphatic hydroxyl groups excluding tert-OH is 1. The maximum Gasteiger partial charge on any atom is 0.290 e. The molecule has 3 aromatic rings. The molecule has 0 aliphatic carbocycles. The summed E-state index contributed by atoms with van der Waals surface area (Å²) < 4.78 is 13.3. The maximum atomic E-state index is 13.3. The third-order valence-electron chi connectivity index (χ3n) is 4.84. The van der Waals surface area contributed by atoms with Crippen molar-refractivity contribution in [3.63, 3.8) is 0 Å². The van der Waals surface area contributed by atoms with Gasteiger partial charge >= 0.3 is 0 Å². The fraction of sp³-hybridized carbons (Fsp3) is 0.0870. The summed E-state index contributed by atoms with van der Waals surface area (Å²) in [4.78, 5) is 14.5. The van der Waals surface area contributed by atoms with Gasteiger partial charge in [0.15, 0.2) is 5.76 Å². The van der Waals surface area contributed by atoms with Crippen LogP contribution in [0.4, 0.5) is 4.39 Å². The molecule has 1 amide bonds. The van der Waals surface area contributed by atoms with Gasteiger partial charge in [0.2, 0.25) is 0 Å². The van der Waals surface area contributed by atoms with Crippen LogP contribution in [0.2, 0.25) is 5.02 Å². The minimum absolute atomic E-state index is 0.243. The lowest BCUT2D eigenvalue weighted by atomic mass is 9.93. The van der Waals surface area contributed by atoms with Crippen LogP contribution in [0.3, 0.4) is 0 Å². The first-order valence-corrected chi connectivity index (χ1v) is 9.22. The Balaban J connectivity index is 1.80. The highest BCUT2D eigenvalue weighted by Crippen LogP contribution is 2.43. The van der Waals surface area contributed by atoms with Gasteiger partial charge in [-0.25, -0.2) is 4.39 Å². The first-order chi connectivity index (χ1) is 13.5. The van der Waals surface area contributed by atoms with Gasteiger partial charge in [-0.2, -0.15) is 0 Å². The van der Waals surface area contributed by atoms with Crippen molar-refractivity contribution in [2.75, 3.05) is 0 Å². The Morgan fingerprint density at radius 2 is 1.57 bits per heavy atom. The van der Waals surface area contributed by atoms with E-state index in [4.69, 9.17) is 11.6 Å². The fourth-order valence-electron chi connectivity index (χ4n) is 3.51. The Kier molecular flexibility index (Phi) is 4.88. The van der Waals surface area contributed by atoms with Crippen LogP contribution in [-0.4, -0.2) is 15.9 Å². The molecular weight excluding hydrogens is 377 g/mol. The SMILES string of the molecule is O=C1C(O)=C(c2ccccc2)[C@H](c2ccc(Cl)cc2)N1Cc1ccc(F)cc1.